The van der Waals surface area contributed by atoms with Gasteiger partial charge in [0.25, 0.3) is 0 Å². The van der Waals surface area contributed by atoms with Crippen molar-refractivity contribution in [2.45, 2.75) is 13.8 Å². The van der Waals surface area contributed by atoms with E-state index in [0.29, 0.717) is 5.95 Å². The number of hydrogen-bond acceptors (Lipinski definition) is 3. The van der Waals surface area contributed by atoms with Crippen LogP contribution in [0.1, 0.15) is 16.8 Å². The van der Waals surface area contributed by atoms with E-state index in [-0.39, 0.29) is 0 Å². The smallest absolute Gasteiger partial charge is 0.221 e. The highest BCUT2D eigenvalue weighted by Gasteiger charge is 1.99. The molecule has 5 heteroatoms. The molecule has 0 aliphatic rings. The largest absolute Gasteiger partial charge is 0.368 e. The number of halogens is 1. The molecule has 2 aromatic rings. The van der Waals surface area contributed by atoms with Crippen LogP contribution in [-0.4, -0.2) is 15.9 Å². The first-order valence-corrected chi connectivity index (χ1v) is 5.97. The monoisotopic (exact) mass is 292 g/mol. The molecule has 0 fully saturated rings. The molecule has 0 atom stereocenters. The molecule has 0 bridgehead atoms. The number of aromatic nitrogens is 2. The summed E-state index contributed by atoms with van der Waals surface area (Å²) in [5.74, 6) is 0.393. The van der Waals surface area contributed by atoms with E-state index < -0.39 is 0 Å². The topological polar surface area (TPSA) is 56.2 Å². The number of hydrogen-bond donors (Lipinski definition) is 1. The molecule has 0 aliphatic carbocycles. The average molecular weight is 293 g/mol. The van der Waals surface area contributed by atoms with Gasteiger partial charge < -0.3 is 5.73 Å². The highest BCUT2D eigenvalue weighted by atomic mass is 79.9. The molecule has 0 aliphatic heterocycles. The maximum atomic E-state index is 5.69. The third kappa shape index (κ3) is 2.74. The molecule has 88 valence electrons. The van der Waals surface area contributed by atoms with E-state index in [1.807, 2.05) is 32.0 Å². The van der Waals surface area contributed by atoms with Crippen LogP contribution in [0.4, 0.5) is 5.95 Å². The van der Waals surface area contributed by atoms with Crippen LogP contribution in [0, 0.1) is 13.8 Å². The number of nitrogens with two attached hydrogens (primary N) is 1. The zero-order valence-corrected chi connectivity index (χ0v) is 11.3. The lowest BCUT2D eigenvalue weighted by atomic mass is 10.2. The molecule has 0 amide bonds. The van der Waals surface area contributed by atoms with Crippen molar-refractivity contribution in [1.29, 1.82) is 0 Å². The van der Waals surface area contributed by atoms with Gasteiger partial charge in [-0.15, -0.1) is 0 Å². The predicted molar refractivity (Wildman–Crippen MR) is 73.2 cm³/mol. The minimum absolute atomic E-state index is 0.393. The molecule has 1 aromatic carbocycles. The van der Waals surface area contributed by atoms with Crippen LogP contribution >= 0.6 is 15.9 Å². The lowest BCUT2D eigenvalue weighted by Crippen LogP contribution is -1.97. The van der Waals surface area contributed by atoms with Crippen molar-refractivity contribution in [2.24, 2.45) is 5.10 Å². The molecule has 2 N–H and O–H groups in total. The van der Waals surface area contributed by atoms with Crippen molar-refractivity contribution in [3.8, 4) is 0 Å². The molecule has 4 nitrogen and oxygen atoms in total. The van der Waals surface area contributed by atoms with E-state index in [1.54, 1.807) is 17.1 Å². The van der Waals surface area contributed by atoms with E-state index in [4.69, 9.17) is 5.73 Å². The Hall–Kier alpha value is -1.62. The normalized spacial score (nSPS) is 11.2. The fourth-order valence-electron chi connectivity index (χ4n) is 1.41. The Balaban J connectivity index is 2.26. The van der Waals surface area contributed by atoms with E-state index in [1.165, 1.54) is 5.56 Å². The van der Waals surface area contributed by atoms with E-state index in [9.17, 15) is 0 Å². The first-order chi connectivity index (χ1) is 8.06. The quantitative estimate of drug-likeness (QED) is 0.866. The van der Waals surface area contributed by atoms with Crippen LogP contribution in [0.3, 0.4) is 0 Å². The van der Waals surface area contributed by atoms with E-state index in [2.05, 4.69) is 26.0 Å². The minimum Gasteiger partial charge on any atom is -0.368 e. The number of nitrogen functional groups attached to an aromatic ring is 1. The van der Waals surface area contributed by atoms with Gasteiger partial charge in [0.2, 0.25) is 5.95 Å². The molecule has 17 heavy (non-hydrogen) atoms. The standard InChI is InChI=1S/C12H13BrN4/c1-8-3-4-10(5-11(8)13)6-15-17-7-9(2)16-12(17)14/h3-7H,1-2H3,(H2,14,16). The van der Waals surface area contributed by atoms with Gasteiger partial charge >= 0.3 is 0 Å². The summed E-state index contributed by atoms with van der Waals surface area (Å²) >= 11 is 3.49. The zero-order chi connectivity index (χ0) is 12.4. The SMILES string of the molecule is Cc1cn(N=Cc2ccc(C)c(Br)c2)c(N)n1. The maximum Gasteiger partial charge on any atom is 0.221 e. The van der Waals surface area contributed by atoms with Crippen molar-refractivity contribution in [1.82, 2.24) is 9.66 Å². The fraction of sp³-hybridized carbons (Fsp3) is 0.167. The zero-order valence-electron chi connectivity index (χ0n) is 9.68. The van der Waals surface area contributed by atoms with Crippen molar-refractivity contribution in [3.05, 3.63) is 45.7 Å². The van der Waals surface area contributed by atoms with Gasteiger partial charge in [-0.25, -0.2) is 9.66 Å². The number of aryl methyl sites for hydroxylation is 2. The Bertz CT molecular complexity index is 572. The van der Waals surface area contributed by atoms with Gasteiger partial charge in [-0.2, -0.15) is 5.10 Å². The molecule has 0 unspecified atom stereocenters. The van der Waals surface area contributed by atoms with Crippen LogP contribution in [0.5, 0.6) is 0 Å². The average Bonchev–Trinajstić information content (AvgIpc) is 2.59. The molecular weight excluding hydrogens is 280 g/mol. The Morgan fingerprint density at radius 3 is 2.76 bits per heavy atom. The summed E-state index contributed by atoms with van der Waals surface area (Å²) in [6.45, 7) is 3.92. The first-order valence-electron chi connectivity index (χ1n) is 5.18. The Kier molecular flexibility index (Phi) is 3.28. The summed E-state index contributed by atoms with van der Waals surface area (Å²) in [6, 6.07) is 6.05. The molecule has 1 heterocycles. The fourth-order valence-corrected chi connectivity index (χ4v) is 1.81. The van der Waals surface area contributed by atoms with Crippen LogP contribution < -0.4 is 5.73 Å². The van der Waals surface area contributed by atoms with E-state index >= 15 is 0 Å². The summed E-state index contributed by atoms with van der Waals surface area (Å²) in [6.07, 6.45) is 3.54. The molecule has 1 aromatic heterocycles. The van der Waals surface area contributed by atoms with E-state index in [0.717, 1.165) is 15.7 Å². The lowest BCUT2D eigenvalue weighted by Gasteiger charge is -1.99. The maximum absolute atomic E-state index is 5.69. The number of benzene rings is 1. The van der Waals surface area contributed by atoms with Gasteiger partial charge in [0.05, 0.1) is 18.1 Å². The van der Waals surface area contributed by atoms with Gasteiger partial charge in [-0.1, -0.05) is 28.1 Å². The van der Waals surface area contributed by atoms with Crippen molar-refractivity contribution < 1.29 is 0 Å². The van der Waals surface area contributed by atoms with Gasteiger partial charge in [0.1, 0.15) is 0 Å². The summed E-state index contributed by atoms with van der Waals surface area (Å²) in [7, 11) is 0. The van der Waals surface area contributed by atoms with Crippen LogP contribution in [0.2, 0.25) is 0 Å². The third-order valence-electron chi connectivity index (χ3n) is 2.36. The summed E-state index contributed by atoms with van der Waals surface area (Å²) in [5.41, 5.74) is 8.74. The molecule has 0 radical (unpaired) electrons. The van der Waals surface area contributed by atoms with Gasteiger partial charge in [0.15, 0.2) is 0 Å². The van der Waals surface area contributed by atoms with Gasteiger partial charge in [-0.05, 0) is 31.0 Å². The minimum atomic E-state index is 0.393. The van der Waals surface area contributed by atoms with Gasteiger partial charge in [0, 0.05) is 4.47 Å². The molecule has 0 saturated carbocycles. The summed E-state index contributed by atoms with van der Waals surface area (Å²) < 4.78 is 2.62. The van der Waals surface area contributed by atoms with Crippen molar-refractivity contribution >= 4 is 28.1 Å². The number of anilines is 1. The summed E-state index contributed by atoms with van der Waals surface area (Å²) in [5, 5.41) is 4.25. The lowest BCUT2D eigenvalue weighted by molar-refractivity contribution is 0.897. The van der Waals surface area contributed by atoms with Crippen LogP contribution in [0.15, 0.2) is 34.0 Å². The Morgan fingerprint density at radius 1 is 1.41 bits per heavy atom. The first kappa shape index (κ1) is 11.9. The molecular formula is C12H13BrN4. The third-order valence-corrected chi connectivity index (χ3v) is 3.22. The second-order valence-corrected chi connectivity index (χ2v) is 4.69. The van der Waals surface area contributed by atoms with Crippen LogP contribution in [0.25, 0.3) is 0 Å². The molecule has 2 rings (SSSR count). The molecule has 0 spiro atoms. The Morgan fingerprint density at radius 2 is 2.18 bits per heavy atom. The molecule has 0 saturated heterocycles. The van der Waals surface area contributed by atoms with Crippen LogP contribution in [-0.2, 0) is 0 Å². The number of nitrogens with zero attached hydrogens (tertiary/aromatic N) is 3. The van der Waals surface area contributed by atoms with Crippen molar-refractivity contribution in [2.75, 3.05) is 5.73 Å². The predicted octanol–water partition coefficient (Wildman–Crippen LogP) is 2.73. The van der Waals surface area contributed by atoms with Gasteiger partial charge in [-0.3, -0.25) is 0 Å². The second-order valence-electron chi connectivity index (χ2n) is 3.84. The van der Waals surface area contributed by atoms with Crippen molar-refractivity contribution in [3.63, 3.8) is 0 Å². The highest BCUT2D eigenvalue weighted by molar-refractivity contribution is 9.10. The number of imidazole rings is 1. The summed E-state index contributed by atoms with van der Waals surface area (Å²) in [4.78, 5) is 4.07. The highest BCUT2D eigenvalue weighted by Crippen LogP contribution is 2.16. The Labute approximate surface area is 108 Å². The second kappa shape index (κ2) is 4.71. The number of rotatable bonds is 2.